The summed E-state index contributed by atoms with van der Waals surface area (Å²) >= 11 is 0. The monoisotopic (exact) mass is 437 g/mol. The fraction of sp³-hybridized carbons (Fsp3) is 0.222. The van der Waals surface area contributed by atoms with Gasteiger partial charge in [0.25, 0.3) is 0 Å². The van der Waals surface area contributed by atoms with Gasteiger partial charge in [-0.1, -0.05) is 49.9 Å². The van der Waals surface area contributed by atoms with E-state index in [0.29, 0.717) is 0 Å². The predicted octanol–water partition coefficient (Wildman–Crippen LogP) is 4.82. The van der Waals surface area contributed by atoms with Crippen LogP contribution < -0.4 is 5.32 Å². The lowest BCUT2D eigenvalue weighted by atomic mass is 9.84. The van der Waals surface area contributed by atoms with E-state index in [1.165, 1.54) is 0 Å². The zero-order chi connectivity index (χ0) is 21.5. The highest BCUT2D eigenvalue weighted by molar-refractivity contribution is 5.97. The molecule has 33 heavy (non-hydrogen) atoms. The van der Waals surface area contributed by atoms with Crippen molar-refractivity contribution in [3.63, 3.8) is 0 Å². The molecule has 1 saturated heterocycles. The van der Waals surface area contributed by atoms with Crippen LogP contribution >= 0.6 is 0 Å². The van der Waals surface area contributed by atoms with E-state index >= 15 is 0 Å². The van der Waals surface area contributed by atoms with E-state index in [4.69, 9.17) is 4.98 Å². The Morgan fingerprint density at radius 3 is 2.45 bits per heavy atom. The van der Waals surface area contributed by atoms with Crippen molar-refractivity contribution >= 4 is 16.6 Å². The Bertz CT molecular complexity index is 1410. The van der Waals surface area contributed by atoms with Crippen molar-refractivity contribution in [2.24, 2.45) is 0 Å². The Morgan fingerprint density at radius 1 is 0.848 bits per heavy atom. The van der Waals surface area contributed by atoms with Crippen LogP contribution in [0.25, 0.3) is 38.8 Å². The van der Waals surface area contributed by atoms with Crippen LogP contribution in [0.3, 0.4) is 0 Å². The minimum atomic E-state index is -0.740. The molecule has 2 N–H and O–H groups in total. The Morgan fingerprint density at radius 2 is 1.64 bits per heavy atom. The summed E-state index contributed by atoms with van der Waals surface area (Å²) in [5.41, 5.74) is 6.09. The summed E-state index contributed by atoms with van der Waals surface area (Å²) in [6.45, 7) is 1.68. The normalized spacial score (nSPS) is 15.4. The van der Waals surface area contributed by atoms with Gasteiger partial charge in [0.15, 0.2) is 5.65 Å². The number of aromatic nitrogens is 4. The topological polar surface area (TPSA) is 75.3 Å². The molecule has 1 aliphatic rings. The zero-order valence-electron chi connectivity index (χ0n) is 17.6. The van der Waals surface area contributed by atoms with Gasteiger partial charge in [0.1, 0.15) is 0 Å². The summed E-state index contributed by atoms with van der Waals surface area (Å²) in [4.78, 5) is 9.21. The van der Waals surface area contributed by atoms with Gasteiger partial charge >= 0.3 is 0 Å². The number of rotatable bonds is 3. The lowest BCUT2D eigenvalue weighted by Crippen LogP contribution is -2.39. The van der Waals surface area contributed by atoms with Gasteiger partial charge in [-0.2, -0.15) is 5.10 Å². The highest BCUT2D eigenvalue weighted by atomic mass is 16.3. The average molecular weight is 438 g/mol. The predicted molar refractivity (Wildman–Crippen MR) is 132 cm³/mol. The van der Waals surface area contributed by atoms with E-state index in [1.807, 2.05) is 65.7 Å². The van der Waals surface area contributed by atoms with Gasteiger partial charge in [-0.3, -0.25) is 4.98 Å². The molecule has 0 spiro atoms. The minimum absolute atomic E-state index is 0. The SMILES string of the molecule is C.OC1(c2ccc(-c3cnc4c(-c5ccnc6ccccc56)cnn4c3)cc2)CCNCC1. The van der Waals surface area contributed by atoms with Crippen LogP contribution in [0, 0.1) is 0 Å². The summed E-state index contributed by atoms with van der Waals surface area (Å²) < 4.78 is 1.83. The molecule has 6 rings (SSSR count). The molecule has 166 valence electrons. The van der Waals surface area contributed by atoms with Crippen molar-refractivity contribution < 1.29 is 5.11 Å². The van der Waals surface area contributed by atoms with Crippen molar-refractivity contribution in [1.82, 2.24) is 24.9 Å². The maximum Gasteiger partial charge on any atom is 0.162 e. The third-order valence-electron chi connectivity index (χ3n) is 6.48. The number of piperidine rings is 1. The molecule has 6 nitrogen and oxygen atoms in total. The molecule has 4 heterocycles. The quantitative estimate of drug-likeness (QED) is 0.423. The number of benzene rings is 2. The second kappa shape index (κ2) is 8.39. The molecule has 0 radical (unpaired) electrons. The van der Waals surface area contributed by atoms with Gasteiger partial charge in [-0.05, 0) is 54.8 Å². The smallest absolute Gasteiger partial charge is 0.162 e. The number of hydrogen-bond donors (Lipinski definition) is 2. The lowest BCUT2D eigenvalue weighted by molar-refractivity contribution is 0.00595. The number of aliphatic hydroxyl groups is 1. The Kier molecular flexibility index (Phi) is 5.40. The van der Waals surface area contributed by atoms with Gasteiger partial charge in [0, 0.05) is 35.1 Å². The van der Waals surface area contributed by atoms with Crippen LogP contribution in [-0.2, 0) is 5.60 Å². The first kappa shape index (κ1) is 21.2. The van der Waals surface area contributed by atoms with Gasteiger partial charge in [-0.15, -0.1) is 0 Å². The first-order chi connectivity index (χ1) is 15.7. The molecule has 0 unspecified atom stereocenters. The maximum atomic E-state index is 11.0. The first-order valence-corrected chi connectivity index (χ1v) is 10.9. The van der Waals surface area contributed by atoms with Crippen molar-refractivity contribution in [3.05, 3.63) is 84.9 Å². The lowest BCUT2D eigenvalue weighted by Gasteiger charge is -2.33. The molecule has 0 atom stereocenters. The largest absolute Gasteiger partial charge is 0.385 e. The van der Waals surface area contributed by atoms with E-state index in [9.17, 15) is 5.11 Å². The summed E-state index contributed by atoms with van der Waals surface area (Å²) in [5, 5.41) is 19.9. The second-order valence-corrected chi connectivity index (χ2v) is 8.40. The van der Waals surface area contributed by atoms with Crippen LogP contribution in [-0.4, -0.2) is 37.8 Å². The van der Waals surface area contributed by atoms with E-state index in [0.717, 1.165) is 70.3 Å². The van der Waals surface area contributed by atoms with Gasteiger partial charge in [0.2, 0.25) is 0 Å². The van der Waals surface area contributed by atoms with Crippen LogP contribution in [0.1, 0.15) is 25.8 Å². The molecular weight excluding hydrogens is 410 g/mol. The standard InChI is InChI=1S/C26H23N5O.CH4/c32-26(10-13-27-14-11-26)20-7-5-18(6-8-20)19-15-29-25-23(16-30-31(25)17-19)21-9-12-28-24-4-2-1-3-22(21)24;/h1-9,12,15-17,27,32H,10-11,13-14H2;1H4. The van der Waals surface area contributed by atoms with E-state index in [2.05, 4.69) is 33.6 Å². The Labute approximate surface area is 193 Å². The summed E-state index contributed by atoms with van der Waals surface area (Å²) in [6.07, 6.45) is 9.05. The zero-order valence-corrected chi connectivity index (χ0v) is 17.6. The van der Waals surface area contributed by atoms with Crippen molar-refractivity contribution in [2.45, 2.75) is 25.9 Å². The van der Waals surface area contributed by atoms with Gasteiger partial charge in [-0.25, -0.2) is 9.50 Å². The molecule has 3 aromatic heterocycles. The molecular formula is C27H27N5O. The van der Waals surface area contributed by atoms with Gasteiger partial charge in [0.05, 0.1) is 17.3 Å². The molecule has 1 fully saturated rings. The highest BCUT2D eigenvalue weighted by Gasteiger charge is 2.30. The number of para-hydroxylation sites is 1. The fourth-order valence-electron chi connectivity index (χ4n) is 4.65. The van der Waals surface area contributed by atoms with Crippen LogP contribution in [0.4, 0.5) is 0 Å². The van der Waals surface area contributed by atoms with E-state index in [1.54, 1.807) is 0 Å². The number of hydrogen-bond acceptors (Lipinski definition) is 5. The molecule has 0 saturated carbocycles. The van der Waals surface area contributed by atoms with Crippen LogP contribution in [0.5, 0.6) is 0 Å². The van der Waals surface area contributed by atoms with E-state index < -0.39 is 5.60 Å². The molecule has 2 aromatic carbocycles. The van der Waals surface area contributed by atoms with E-state index in [-0.39, 0.29) is 7.43 Å². The number of pyridine rings is 1. The third kappa shape index (κ3) is 3.67. The Hall–Kier alpha value is -3.61. The number of nitrogens with zero attached hydrogens (tertiary/aromatic N) is 4. The molecule has 0 bridgehead atoms. The molecule has 6 heteroatoms. The minimum Gasteiger partial charge on any atom is -0.385 e. The number of nitrogens with one attached hydrogen (secondary N) is 1. The highest BCUT2D eigenvalue weighted by Crippen LogP contribution is 2.33. The second-order valence-electron chi connectivity index (χ2n) is 8.40. The van der Waals surface area contributed by atoms with Crippen molar-refractivity contribution in [2.75, 3.05) is 13.1 Å². The third-order valence-corrected chi connectivity index (χ3v) is 6.48. The summed E-state index contributed by atoms with van der Waals surface area (Å²) in [5.74, 6) is 0. The van der Waals surface area contributed by atoms with Crippen LogP contribution in [0.15, 0.2) is 79.4 Å². The van der Waals surface area contributed by atoms with Crippen molar-refractivity contribution in [1.29, 1.82) is 0 Å². The molecule has 0 aliphatic carbocycles. The molecule has 1 aliphatic heterocycles. The van der Waals surface area contributed by atoms with Crippen LogP contribution in [0.2, 0.25) is 0 Å². The molecule has 5 aromatic rings. The number of fused-ring (bicyclic) bond motifs is 2. The summed E-state index contributed by atoms with van der Waals surface area (Å²) in [7, 11) is 0. The average Bonchev–Trinajstić information content (AvgIpc) is 3.27. The Balaban J connectivity index is 0.00000228. The maximum absolute atomic E-state index is 11.0. The summed E-state index contributed by atoms with van der Waals surface area (Å²) in [6, 6.07) is 18.3. The molecule has 0 amide bonds. The first-order valence-electron chi connectivity index (χ1n) is 10.9. The van der Waals surface area contributed by atoms with Crippen molar-refractivity contribution in [3.8, 4) is 22.3 Å². The van der Waals surface area contributed by atoms with Gasteiger partial charge < -0.3 is 10.4 Å². The fourth-order valence-corrected chi connectivity index (χ4v) is 4.65.